The summed E-state index contributed by atoms with van der Waals surface area (Å²) in [6.07, 6.45) is 3.09. The minimum Gasteiger partial charge on any atom is -0.495 e. The first kappa shape index (κ1) is 26.0. The van der Waals surface area contributed by atoms with E-state index in [1.165, 1.54) is 0 Å². The number of hydrogen-bond acceptors (Lipinski definition) is 4. The lowest BCUT2D eigenvalue weighted by Crippen LogP contribution is -2.49. The number of fused-ring (bicyclic) bond motifs is 1. The van der Waals surface area contributed by atoms with Gasteiger partial charge in [-0.25, -0.2) is 4.98 Å². The third kappa shape index (κ3) is 5.15. The maximum absolute atomic E-state index is 13.4. The molecule has 0 bridgehead atoms. The van der Waals surface area contributed by atoms with Crippen LogP contribution in [0.3, 0.4) is 0 Å². The molecule has 1 amide bonds. The average Bonchev–Trinajstić information content (AvgIpc) is 3.38. The number of benzene rings is 3. The van der Waals surface area contributed by atoms with Gasteiger partial charge >= 0.3 is 0 Å². The fourth-order valence-corrected chi connectivity index (χ4v) is 5.73. The van der Waals surface area contributed by atoms with Crippen molar-refractivity contribution in [3.8, 4) is 28.1 Å². The topological polar surface area (TPSA) is 50.1 Å². The molecule has 0 radical (unpaired) electrons. The number of rotatable bonds is 7. The molecule has 3 heterocycles. The Kier molecular flexibility index (Phi) is 7.43. The van der Waals surface area contributed by atoms with E-state index < -0.39 is 0 Å². The van der Waals surface area contributed by atoms with Crippen LogP contribution >= 0.6 is 11.6 Å². The second-order valence-corrected chi connectivity index (χ2v) is 10.3. The smallest absolute Gasteiger partial charge is 0.223 e. The van der Waals surface area contributed by atoms with Crippen LogP contribution in [0.5, 0.6) is 5.75 Å². The van der Waals surface area contributed by atoms with E-state index in [0.29, 0.717) is 31.0 Å². The molecule has 3 aromatic carbocycles. The molecule has 1 aliphatic heterocycles. The Morgan fingerprint density at radius 1 is 0.850 bits per heavy atom. The molecule has 1 saturated heterocycles. The van der Waals surface area contributed by atoms with Crippen LogP contribution in [0.1, 0.15) is 12.1 Å². The van der Waals surface area contributed by atoms with Gasteiger partial charge in [0.15, 0.2) is 0 Å². The number of para-hydroxylation sites is 2. The van der Waals surface area contributed by atoms with Gasteiger partial charge in [-0.1, -0.05) is 72.3 Å². The first-order valence-electron chi connectivity index (χ1n) is 13.6. The van der Waals surface area contributed by atoms with Crippen LogP contribution in [-0.4, -0.2) is 53.5 Å². The number of ether oxygens (including phenoxy) is 1. The number of aryl methyl sites for hydroxylation is 1. The molecule has 0 unspecified atom stereocenters. The Labute approximate surface area is 239 Å². The van der Waals surface area contributed by atoms with Gasteiger partial charge in [0.25, 0.3) is 0 Å². The fourth-order valence-electron chi connectivity index (χ4n) is 5.49. The molecular weight excluding hydrogens is 520 g/mol. The molecule has 6 rings (SSSR count). The van der Waals surface area contributed by atoms with E-state index >= 15 is 0 Å². The highest BCUT2D eigenvalue weighted by molar-refractivity contribution is 6.33. The first-order chi connectivity index (χ1) is 19.6. The predicted octanol–water partition coefficient (Wildman–Crippen LogP) is 6.61. The van der Waals surface area contributed by atoms with Gasteiger partial charge in [0.05, 0.1) is 24.2 Å². The molecule has 2 aromatic heterocycles. The van der Waals surface area contributed by atoms with Gasteiger partial charge in [0, 0.05) is 54.9 Å². The zero-order chi connectivity index (χ0) is 27.5. The van der Waals surface area contributed by atoms with Crippen LogP contribution < -0.4 is 9.64 Å². The molecule has 0 aliphatic carbocycles. The maximum atomic E-state index is 13.4. The van der Waals surface area contributed by atoms with Gasteiger partial charge in [0.2, 0.25) is 5.91 Å². The normalized spacial score (nSPS) is 13.6. The number of amides is 1. The number of anilines is 1. The van der Waals surface area contributed by atoms with Gasteiger partial charge in [-0.2, -0.15) is 0 Å². The van der Waals surface area contributed by atoms with Crippen LogP contribution in [0.25, 0.3) is 28.0 Å². The van der Waals surface area contributed by atoms with Crippen LogP contribution in [-0.2, 0) is 11.2 Å². The lowest BCUT2D eigenvalue weighted by atomic mass is 10.1. The summed E-state index contributed by atoms with van der Waals surface area (Å²) in [6, 6.07) is 30.1. The average molecular weight is 551 g/mol. The second kappa shape index (κ2) is 11.4. The van der Waals surface area contributed by atoms with Crippen molar-refractivity contribution in [2.75, 3.05) is 38.2 Å². The van der Waals surface area contributed by atoms with Crippen LogP contribution in [0.4, 0.5) is 5.69 Å². The van der Waals surface area contributed by atoms with E-state index in [1.54, 1.807) is 7.11 Å². The fraction of sp³-hybridized carbons (Fsp3) is 0.212. The van der Waals surface area contributed by atoms with E-state index in [2.05, 4.69) is 39.8 Å². The van der Waals surface area contributed by atoms with Crippen molar-refractivity contribution in [1.82, 2.24) is 14.3 Å². The van der Waals surface area contributed by atoms with E-state index in [-0.39, 0.29) is 5.91 Å². The number of halogens is 1. The lowest BCUT2D eigenvalue weighted by molar-refractivity contribution is -0.131. The lowest BCUT2D eigenvalue weighted by Gasteiger charge is -2.36. The Morgan fingerprint density at radius 2 is 1.57 bits per heavy atom. The highest BCUT2D eigenvalue weighted by Crippen LogP contribution is 2.32. The summed E-state index contributed by atoms with van der Waals surface area (Å²) in [5, 5.41) is 0.703. The van der Waals surface area contributed by atoms with Crippen molar-refractivity contribution in [3.05, 3.63) is 108 Å². The van der Waals surface area contributed by atoms with Crippen molar-refractivity contribution in [2.24, 2.45) is 0 Å². The second-order valence-electron chi connectivity index (χ2n) is 9.94. The van der Waals surface area contributed by atoms with Gasteiger partial charge < -0.3 is 18.9 Å². The summed E-state index contributed by atoms with van der Waals surface area (Å²) in [4.78, 5) is 22.7. The quantitative estimate of drug-likeness (QED) is 0.229. The van der Waals surface area contributed by atoms with Crippen molar-refractivity contribution >= 4 is 28.8 Å². The maximum Gasteiger partial charge on any atom is 0.223 e. The molecule has 5 aromatic rings. The number of imidazole rings is 1. The number of piperazine rings is 1. The summed E-state index contributed by atoms with van der Waals surface area (Å²) >= 11 is 6.52. The molecule has 0 N–H and O–H groups in total. The molecule has 0 spiro atoms. The Morgan fingerprint density at radius 3 is 2.35 bits per heavy atom. The zero-order valence-electron chi connectivity index (χ0n) is 22.5. The standard InChI is InChI=1S/C33H31ClN4O2/c1-40-30-14-8-7-13-28(30)36-19-21-37(22-20-36)32(39)18-16-29-33(24-9-3-2-4-10-24)35-31-17-15-25(23-38(29)31)26-11-5-6-12-27(26)34/h2-15,17,23H,16,18-22H2,1H3. The van der Waals surface area contributed by atoms with E-state index in [0.717, 1.165) is 58.3 Å². The summed E-state index contributed by atoms with van der Waals surface area (Å²) in [5.41, 5.74) is 6.87. The molecule has 40 heavy (non-hydrogen) atoms. The first-order valence-corrected chi connectivity index (χ1v) is 14.0. The SMILES string of the molecule is COc1ccccc1N1CCN(C(=O)CCc2c(-c3ccccc3)nc3ccc(-c4ccccc4Cl)cn23)CC1. The number of carbonyl (C=O) groups excluding carboxylic acids is 1. The number of methoxy groups -OCH3 is 1. The van der Waals surface area contributed by atoms with Gasteiger partial charge in [-0.05, 0) is 42.3 Å². The molecule has 1 fully saturated rings. The summed E-state index contributed by atoms with van der Waals surface area (Å²) in [6.45, 7) is 2.93. The third-order valence-corrected chi connectivity index (χ3v) is 7.91. The number of hydrogen-bond donors (Lipinski definition) is 0. The van der Waals surface area contributed by atoms with E-state index in [4.69, 9.17) is 21.3 Å². The van der Waals surface area contributed by atoms with Crippen molar-refractivity contribution in [2.45, 2.75) is 12.8 Å². The molecule has 0 saturated carbocycles. The van der Waals surface area contributed by atoms with Crippen LogP contribution in [0.2, 0.25) is 5.02 Å². The van der Waals surface area contributed by atoms with E-state index in [9.17, 15) is 4.79 Å². The van der Waals surface area contributed by atoms with Gasteiger partial charge in [-0.3, -0.25) is 4.79 Å². The Balaban J connectivity index is 1.24. The van der Waals surface area contributed by atoms with Crippen molar-refractivity contribution in [1.29, 1.82) is 0 Å². The number of nitrogens with zero attached hydrogens (tertiary/aromatic N) is 4. The van der Waals surface area contributed by atoms with Gasteiger partial charge in [-0.15, -0.1) is 0 Å². The highest BCUT2D eigenvalue weighted by atomic mass is 35.5. The minimum absolute atomic E-state index is 0.163. The Hall–Kier alpha value is -4.29. The number of carbonyl (C=O) groups is 1. The van der Waals surface area contributed by atoms with E-state index in [1.807, 2.05) is 71.6 Å². The van der Waals surface area contributed by atoms with Gasteiger partial charge in [0.1, 0.15) is 11.4 Å². The minimum atomic E-state index is 0.163. The molecule has 0 atom stereocenters. The molecule has 202 valence electrons. The van der Waals surface area contributed by atoms with Crippen molar-refractivity contribution < 1.29 is 9.53 Å². The highest BCUT2D eigenvalue weighted by Gasteiger charge is 2.24. The van der Waals surface area contributed by atoms with Crippen molar-refractivity contribution in [3.63, 3.8) is 0 Å². The summed E-state index contributed by atoms with van der Waals surface area (Å²) < 4.78 is 7.66. The molecule has 1 aliphatic rings. The number of pyridine rings is 1. The largest absolute Gasteiger partial charge is 0.495 e. The van der Waals surface area contributed by atoms with Crippen LogP contribution in [0.15, 0.2) is 97.2 Å². The third-order valence-electron chi connectivity index (χ3n) is 7.58. The summed E-state index contributed by atoms with van der Waals surface area (Å²) in [5.74, 6) is 1.02. The molecule has 6 nitrogen and oxygen atoms in total. The molecular formula is C33H31ClN4O2. The van der Waals surface area contributed by atoms with Crippen LogP contribution in [0, 0.1) is 0 Å². The zero-order valence-corrected chi connectivity index (χ0v) is 23.2. The molecule has 7 heteroatoms. The Bertz CT molecular complexity index is 1640. The predicted molar refractivity (Wildman–Crippen MR) is 161 cm³/mol. The summed E-state index contributed by atoms with van der Waals surface area (Å²) in [7, 11) is 1.69. The monoisotopic (exact) mass is 550 g/mol. The number of aromatic nitrogens is 2.